The molecular weight excluding hydrogens is 614 g/mol. The van der Waals surface area contributed by atoms with Crippen molar-refractivity contribution in [2.24, 2.45) is 0 Å². The lowest BCUT2D eigenvalue weighted by Gasteiger charge is -2.10. The van der Waals surface area contributed by atoms with E-state index in [4.69, 9.17) is 62.6 Å². The van der Waals surface area contributed by atoms with Crippen LogP contribution < -0.4 is 10.5 Å². The van der Waals surface area contributed by atoms with Crippen molar-refractivity contribution in [3.05, 3.63) is 24.3 Å². The maximum absolute atomic E-state index is 5.82. The summed E-state index contributed by atoms with van der Waals surface area (Å²) >= 11 is 0. The highest BCUT2D eigenvalue weighted by Gasteiger charge is 1.99. The van der Waals surface area contributed by atoms with E-state index in [-0.39, 0.29) is 0 Å². The zero-order chi connectivity index (χ0) is 33.6. The molecule has 2 N–H and O–H groups in total. The Hall–Kier alpha value is -1.62. The molecule has 0 aliphatic rings. The Morgan fingerprint density at radius 1 is 0.362 bits per heavy atom. The number of benzene rings is 1. The third-order valence-corrected chi connectivity index (χ3v) is 6.27. The van der Waals surface area contributed by atoms with Crippen LogP contribution in [0.15, 0.2) is 24.3 Å². The molecule has 1 rings (SSSR count). The maximum atomic E-state index is 5.82. The summed E-state index contributed by atoms with van der Waals surface area (Å²) in [5.74, 6) is 0.670. The number of hydrogen-bond donors (Lipinski definition) is 1. The van der Waals surface area contributed by atoms with Gasteiger partial charge < -0.3 is 62.6 Å². The number of nitrogens with two attached hydrogens (primary N) is 1. The normalized spacial score (nSPS) is 11.4. The predicted octanol–water partition coefficient (Wildman–Crippen LogP) is 3.41. The fourth-order valence-electron chi connectivity index (χ4n) is 3.75. The quantitative estimate of drug-likeness (QED) is 0.0806. The Bertz CT molecular complexity index is 749. The largest absolute Gasteiger partial charge is 0.489 e. The average molecular weight is 678 g/mol. The molecule has 0 saturated heterocycles. The number of unbranched alkanes of at least 4 members (excludes halogenated alkanes) is 3. The number of anilines is 1. The van der Waals surface area contributed by atoms with Crippen LogP contribution in [0.2, 0.25) is 0 Å². The van der Waals surface area contributed by atoms with Gasteiger partial charge in [-0.15, -0.1) is 0 Å². The van der Waals surface area contributed by atoms with E-state index in [1.165, 1.54) is 19.3 Å². The van der Waals surface area contributed by atoms with E-state index < -0.39 is 0 Å². The molecule has 0 bridgehead atoms. The third-order valence-electron chi connectivity index (χ3n) is 6.27. The van der Waals surface area contributed by atoms with E-state index >= 15 is 0 Å². The Morgan fingerprint density at radius 3 is 0.979 bits per heavy atom. The highest BCUT2D eigenvalue weighted by atomic mass is 16.6. The minimum Gasteiger partial charge on any atom is -0.489 e. The maximum Gasteiger partial charge on any atom is 0.142 e. The summed E-state index contributed by atoms with van der Waals surface area (Å²) in [6.07, 6.45) is 4.89. The van der Waals surface area contributed by atoms with Crippen LogP contribution in [0.1, 0.15) is 32.6 Å². The summed E-state index contributed by atoms with van der Waals surface area (Å²) in [6, 6.07) is 7.39. The molecule has 47 heavy (non-hydrogen) atoms. The molecule has 13 nitrogen and oxygen atoms in total. The van der Waals surface area contributed by atoms with Gasteiger partial charge in [0.25, 0.3) is 0 Å². The van der Waals surface area contributed by atoms with E-state index in [0.717, 1.165) is 13.0 Å². The number of rotatable bonds is 39. The van der Waals surface area contributed by atoms with Crippen LogP contribution in [0.25, 0.3) is 0 Å². The van der Waals surface area contributed by atoms with Gasteiger partial charge in [-0.2, -0.15) is 0 Å². The van der Waals surface area contributed by atoms with Gasteiger partial charge in [0.2, 0.25) is 0 Å². The lowest BCUT2D eigenvalue weighted by molar-refractivity contribution is -0.0277. The van der Waals surface area contributed by atoms with Crippen LogP contribution >= 0.6 is 0 Å². The summed E-state index contributed by atoms with van der Waals surface area (Å²) in [6.45, 7) is 14.5. The molecule has 0 aliphatic carbocycles. The van der Waals surface area contributed by atoms with Gasteiger partial charge in [0.05, 0.1) is 144 Å². The topological polar surface area (TPSA) is 137 Å². The minimum absolute atomic E-state index is 0.439. The van der Waals surface area contributed by atoms with E-state index in [2.05, 4.69) is 6.92 Å². The van der Waals surface area contributed by atoms with Crippen molar-refractivity contribution in [2.75, 3.05) is 158 Å². The monoisotopic (exact) mass is 677 g/mol. The van der Waals surface area contributed by atoms with Crippen molar-refractivity contribution in [1.29, 1.82) is 0 Å². The molecule has 1 aromatic rings. The van der Waals surface area contributed by atoms with Gasteiger partial charge in [0.15, 0.2) is 0 Å². The van der Waals surface area contributed by atoms with Gasteiger partial charge in [-0.1, -0.05) is 38.3 Å². The molecule has 0 radical (unpaired) electrons. The molecule has 0 aromatic heterocycles. The van der Waals surface area contributed by atoms with Crippen molar-refractivity contribution in [3.63, 3.8) is 0 Å². The molecule has 0 spiro atoms. The fraction of sp³-hybridized carbons (Fsp3) is 0.824. The Balaban J connectivity index is 1.62. The van der Waals surface area contributed by atoms with Crippen LogP contribution in [0.4, 0.5) is 5.69 Å². The molecule has 0 amide bonds. The fourth-order valence-corrected chi connectivity index (χ4v) is 3.75. The molecule has 0 fully saturated rings. The molecule has 0 atom stereocenters. The number of ether oxygens (including phenoxy) is 12. The summed E-state index contributed by atoms with van der Waals surface area (Å²) in [7, 11) is 0. The van der Waals surface area contributed by atoms with E-state index in [0.29, 0.717) is 157 Å². The summed E-state index contributed by atoms with van der Waals surface area (Å²) < 4.78 is 65.9. The summed E-state index contributed by atoms with van der Waals surface area (Å²) in [5, 5.41) is 0. The van der Waals surface area contributed by atoms with Crippen molar-refractivity contribution in [1.82, 2.24) is 0 Å². The lowest BCUT2D eigenvalue weighted by atomic mass is 10.2. The highest BCUT2D eigenvalue weighted by molar-refractivity contribution is 5.51. The SMILES string of the molecule is CCCCCCOCCOCCOCCOCCOCCOCCOCCOCCOCCOCCOCCOc1ccccc1N. The first-order chi connectivity index (χ1) is 23.3. The van der Waals surface area contributed by atoms with Crippen molar-refractivity contribution in [3.8, 4) is 5.75 Å². The van der Waals surface area contributed by atoms with Gasteiger partial charge in [-0.3, -0.25) is 0 Å². The lowest BCUT2D eigenvalue weighted by Crippen LogP contribution is -2.15. The first-order valence-electron chi connectivity index (χ1n) is 17.2. The zero-order valence-corrected chi connectivity index (χ0v) is 28.9. The summed E-state index contributed by atoms with van der Waals surface area (Å²) in [5.41, 5.74) is 6.44. The standard InChI is InChI=1S/C34H63NO12/c1-2-3-4-7-10-36-11-12-37-13-14-38-15-16-39-17-18-40-19-20-41-21-22-42-23-24-43-25-26-44-27-28-45-29-30-46-31-32-47-34-9-6-5-8-33(34)35/h5-6,8-9H,2-4,7,10-32,35H2,1H3. The zero-order valence-electron chi connectivity index (χ0n) is 28.9. The molecule has 1 aromatic carbocycles. The molecule has 276 valence electrons. The molecule has 0 unspecified atom stereocenters. The third kappa shape index (κ3) is 32.7. The van der Waals surface area contributed by atoms with E-state index in [1.54, 1.807) is 6.07 Å². The van der Waals surface area contributed by atoms with Crippen molar-refractivity contribution < 1.29 is 56.8 Å². The van der Waals surface area contributed by atoms with Crippen LogP contribution in [0.3, 0.4) is 0 Å². The van der Waals surface area contributed by atoms with Crippen LogP contribution in [-0.2, 0) is 52.1 Å². The highest BCUT2D eigenvalue weighted by Crippen LogP contribution is 2.19. The second-order valence-electron chi connectivity index (χ2n) is 10.2. The van der Waals surface area contributed by atoms with E-state index in [9.17, 15) is 0 Å². The van der Waals surface area contributed by atoms with Crippen molar-refractivity contribution in [2.45, 2.75) is 32.6 Å². The van der Waals surface area contributed by atoms with Crippen LogP contribution in [-0.4, -0.2) is 152 Å². The van der Waals surface area contributed by atoms with Crippen molar-refractivity contribution >= 4 is 5.69 Å². The minimum atomic E-state index is 0.439. The first-order valence-corrected chi connectivity index (χ1v) is 17.2. The molecule has 0 aliphatic heterocycles. The Morgan fingerprint density at radius 2 is 0.660 bits per heavy atom. The van der Waals surface area contributed by atoms with Crippen LogP contribution in [0, 0.1) is 0 Å². The van der Waals surface area contributed by atoms with Gasteiger partial charge >= 0.3 is 0 Å². The molecular formula is C34H63NO12. The van der Waals surface area contributed by atoms with Gasteiger partial charge in [-0.05, 0) is 18.6 Å². The molecule has 13 heteroatoms. The number of para-hydroxylation sites is 2. The van der Waals surface area contributed by atoms with Gasteiger partial charge in [0, 0.05) is 6.61 Å². The molecule has 0 saturated carbocycles. The van der Waals surface area contributed by atoms with Crippen LogP contribution in [0.5, 0.6) is 5.75 Å². The first kappa shape index (κ1) is 43.4. The van der Waals surface area contributed by atoms with Gasteiger partial charge in [0.1, 0.15) is 12.4 Å². The number of nitrogen functional groups attached to an aromatic ring is 1. The smallest absolute Gasteiger partial charge is 0.142 e. The second-order valence-corrected chi connectivity index (χ2v) is 10.2. The Kier molecular flexibility index (Phi) is 34.4. The van der Waals surface area contributed by atoms with E-state index in [1.807, 2.05) is 18.2 Å². The average Bonchev–Trinajstić information content (AvgIpc) is 3.08. The number of hydrogen-bond acceptors (Lipinski definition) is 13. The summed E-state index contributed by atoms with van der Waals surface area (Å²) in [4.78, 5) is 0. The second kappa shape index (κ2) is 37.2. The Labute approximate surface area is 282 Å². The van der Waals surface area contributed by atoms with Gasteiger partial charge in [-0.25, -0.2) is 0 Å². The predicted molar refractivity (Wildman–Crippen MR) is 180 cm³/mol. The molecule has 0 heterocycles.